The number of halogens is 6. The van der Waals surface area contributed by atoms with Crippen LogP contribution in [-0.4, -0.2) is 86.4 Å². The Morgan fingerprint density at radius 3 is 1.82 bits per heavy atom. The molecule has 0 saturated carbocycles. The molecule has 2 aromatic carbocycles. The third-order valence-corrected chi connectivity index (χ3v) is 15.7. The lowest BCUT2D eigenvalue weighted by molar-refractivity contribution is -0.870. The van der Waals surface area contributed by atoms with Gasteiger partial charge in [-0.05, 0) is 171 Å². The smallest absolute Gasteiger partial charge is 0.461 e. The Kier molecular flexibility index (Phi) is 20.4. The summed E-state index contributed by atoms with van der Waals surface area (Å²) in [6, 6.07) is 8.35. The van der Waals surface area contributed by atoms with Gasteiger partial charge in [-0.25, -0.2) is 4.57 Å². The molecule has 0 aliphatic carbocycles. The molecule has 0 bridgehead atoms. The van der Waals surface area contributed by atoms with E-state index in [1.807, 2.05) is 21.1 Å². The number of carbonyl (C=O) groups is 2. The van der Waals surface area contributed by atoms with Gasteiger partial charge in [0.15, 0.2) is 6.10 Å². The topological polar surface area (TPSA) is 108 Å². The van der Waals surface area contributed by atoms with Crippen LogP contribution in [0.5, 0.6) is 0 Å². The maximum Gasteiger partial charge on any atom is 0.472 e. The summed E-state index contributed by atoms with van der Waals surface area (Å²) in [4.78, 5) is 35.4. The normalized spacial score (nSPS) is 13.8. The van der Waals surface area contributed by atoms with Crippen LogP contribution in [0.4, 0.5) is 0 Å². The van der Waals surface area contributed by atoms with Crippen LogP contribution in [0.1, 0.15) is 11.1 Å². The van der Waals surface area contributed by atoms with Crippen LogP contribution in [0.25, 0.3) is 0 Å². The quantitative estimate of drug-likeness (QED) is 0.0524. The lowest BCUT2D eigenvalue weighted by Gasteiger charge is -2.24. The molecule has 2 atom stereocenters. The average molecular weight is 1340 g/mol. The molecule has 0 aliphatic heterocycles. The lowest BCUT2D eigenvalue weighted by atomic mass is 10.2. The summed E-state index contributed by atoms with van der Waals surface area (Å²) < 4.78 is 40.9. The highest BCUT2D eigenvalue weighted by molar-refractivity contribution is 14.1. The van der Waals surface area contributed by atoms with Gasteiger partial charge in [0.2, 0.25) is 0 Å². The number of nitrogens with zero attached hydrogens (tertiary/aromatic N) is 1. The van der Waals surface area contributed by atoms with Crippen LogP contribution in [-0.2, 0) is 44.2 Å². The van der Waals surface area contributed by atoms with Gasteiger partial charge in [-0.15, -0.1) is 23.5 Å². The average Bonchev–Trinajstić information content (AvgIpc) is 2.90. The Morgan fingerprint density at radius 1 is 0.818 bits per heavy atom. The van der Waals surface area contributed by atoms with Gasteiger partial charge < -0.3 is 18.9 Å². The van der Waals surface area contributed by atoms with Crippen molar-refractivity contribution in [1.29, 1.82) is 0 Å². The Morgan fingerprint density at radius 2 is 1.32 bits per heavy atom. The second-order valence-electron chi connectivity index (χ2n) is 10.1. The number of esters is 2. The second-order valence-corrected chi connectivity index (χ2v) is 20.5. The third-order valence-electron chi connectivity index (χ3n) is 5.26. The number of benzene rings is 2. The zero-order valence-corrected chi connectivity index (χ0v) is 39.3. The summed E-state index contributed by atoms with van der Waals surface area (Å²) in [5.74, 6) is 0.340. The number of carbonyl (C=O) groups excluding carboxylic acids is 2. The zero-order valence-electron chi connectivity index (χ0n) is 23.8. The minimum Gasteiger partial charge on any atom is -0.461 e. The minimum atomic E-state index is -4.42. The molecular formula is C26H31I6NO8PS2+. The number of ether oxygens (including phenoxy) is 2. The molecule has 0 aromatic heterocycles. The third kappa shape index (κ3) is 17.5. The SMILES string of the molecule is C[N+](C)(C)CCOP(=O)(O)OC[C@@H](COC(=O)CSCc1cc(I)cc(I)c1I)OC(=O)CSCc1cc(I)cc(I)c1I. The van der Waals surface area contributed by atoms with Crippen molar-refractivity contribution in [3.8, 4) is 0 Å². The van der Waals surface area contributed by atoms with Gasteiger partial charge in [-0.1, -0.05) is 0 Å². The van der Waals surface area contributed by atoms with Gasteiger partial charge in [-0.2, -0.15) is 0 Å². The fourth-order valence-corrected chi connectivity index (χ4v) is 10.9. The van der Waals surface area contributed by atoms with Crippen molar-refractivity contribution in [2.24, 2.45) is 0 Å². The Labute approximate surface area is 349 Å². The largest absolute Gasteiger partial charge is 0.472 e. The maximum atomic E-state index is 12.7. The molecule has 0 fully saturated rings. The summed E-state index contributed by atoms with van der Waals surface area (Å²) in [6.07, 6.45) is -1.09. The Hall–Kier alpha value is 2.53. The number of likely N-dealkylation sites (N-methyl/N-ethyl adjacent to an activating group) is 1. The van der Waals surface area contributed by atoms with Crippen molar-refractivity contribution < 1.29 is 42.1 Å². The summed E-state index contributed by atoms with van der Waals surface area (Å²) in [5.41, 5.74) is 2.25. The van der Waals surface area contributed by atoms with E-state index in [0.717, 1.165) is 32.5 Å². The van der Waals surface area contributed by atoms with E-state index < -0.39 is 32.5 Å². The van der Waals surface area contributed by atoms with E-state index in [-0.39, 0.29) is 24.7 Å². The van der Waals surface area contributed by atoms with E-state index in [9.17, 15) is 19.0 Å². The number of hydrogen-bond acceptors (Lipinski definition) is 9. The first-order valence-electron chi connectivity index (χ1n) is 12.7. The Balaban J connectivity index is 1.94. The van der Waals surface area contributed by atoms with Crippen molar-refractivity contribution in [1.82, 2.24) is 0 Å². The van der Waals surface area contributed by atoms with Crippen LogP contribution in [0, 0.1) is 21.4 Å². The number of phosphoric ester groups is 1. The minimum absolute atomic E-state index is 0.000798. The first-order chi connectivity index (χ1) is 20.5. The van der Waals surface area contributed by atoms with Crippen LogP contribution in [0.15, 0.2) is 24.3 Å². The lowest BCUT2D eigenvalue weighted by Crippen LogP contribution is -2.37. The highest BCUT2D eigenvalue weighted by atomic mass is 127. The number of quaternary nitrogens is 1. The predicted octanol–water partition coefficient (Wildman–Crippen LogP) is 7.78. The van der Waals surface area contributed by atoms with E-state index in [1.54, 1.807) is 0 Å². The molecule has 246 valence electrons. The predicted molar refractivity (Wildman–Crippen MR) is 227 cm³/mol. The molecule has 0 saturated heterocycles. The van der Waals surface area contributed by atoms with Gasteiger partial charge in [0.1, 0.15) is 19.8 Å². The fraction of sp³-hybridized carbons (Fsp3) is 0.462. The number of hydrogen-bond donors (Lipinski definition) is 1. The number of phosphoric acid groups is 1. The highest BCUT2D eigenvalue weighted by Crippen LogP contribution is 2.43. The molecule has 0 heterocycles. The second kappa shape index (κ2) is 21.0. The first-order valence-corrected chi connectivity index (χ1v) is 22.9. The molecule has 2 rings (SSSR count). The summed E-state index contributed by atoms with van der Waals surface area (Å²) in [7, 11) is 1.36. The van der Waals surface area contributed by atoms with Crippen LogP contribution >= 0.6 is 167 Å². The van der Waals surface area contributed by atoms with Crippen LogP contribution in [0.2, 0.25) is 0 Å². The van der Waals surface area contributed by atoms with E-state index in [4.69, 9.17) is 18.5 Å². The molecular weight excluding hydrogens is 1310 g/mol. The maximum absolute atomic E-state index is 12.7. The first kappa shape index (κ1) is 42.7. The van der Waals surface area contributed by atoms with Crippen molar-refractivity contribution in [2.45, 2.75) is 17.6 Å². The Bertz CT molecular complexity index is 1350. The van der Waals surface area contributed by atoms with Crippen LogP contribution < -0.4 is 0 Å². The number of rotatable bonds is 18. The molecule has 44 heavy (non-hydrogen) atoms. The molecule has 9 nitrogen and oxygen atoms in total. The van der Waals surface area contributed by atoms with Crippen molar-refractivity contribution in [2.75, 3.05) is 59.0 Å². The summed E-state index contributed by atoms with van der Waals surface area (Å²) in [5, 5.41) is 0. The van der Waals surface area contributed by atoms with E-state index in [2.05, 4.69) is 160 Å². The van der Waals surface area contributed by atoms with Crippen molar-refractivity contribution >= 4 is 179 Å². The van der Waals surface area contributed by atoms with Gasteiger partial charge in [0, 0.05) is 32.9 Å². The van der Waals surface area contributed by atoms with E-state index in [0.29, 0.717) is 22.5 Å². The fourth-order valence-electron chi connectivity index (χ4n) is 3.13. The zero-order chi connectivity index (χ0) is 33.1. The van der Waals surface area contributed by atoms with Crippen molar-refractivity contribution in [3.63, 3.8) is 0 Å². The highest BCUT2D eigenvalue weighted by Gasteiger charge is 2.27. The summed E-state index contributed by atoms with van der Waals surface area (Å²) >= 11 is 16.5. The summed E-state index contributed by atoms with van der Waals surface area (Å²) in [6.45, 7) is -0.307. The van der Waals surface area contributed by atoms with Gasteiger partial charge in [-0.3, -0.25) is 18.6 Å². The molecule has 0 spiro atoms. The van der Waals surface area contributed by atoms with Gasteiger partial charge >= 0.3 is 19.8 Å². The molecule has 1 unspecified atom stereocenters. The van der Waals surface area contributed by atoms with Crippen molar-refractivity contribution in [3.05, 3.63) is 56.8 Å². The van der Waals surface area contributed by atoms with E-state index in [1.165, 1.54) is 23.5 Å². The van der Waals surface area contributed by atoms with Crippen LogP contribution in [0.3, 0.4) is 0 Å². The molecule has 0 amide bonds. The van der Waals surface area contributed by atoms with Gasteiger partial charge in [0.25, 0.3) is 0 Å². The van der Waals surface area contributed by atoms with Gasteiger partial charge in [0.05, 0.1) is 39.3 Å². The molecule has 1 N–H and O–H groups in total. The molecule has 2 aromatic rings. The number of thioether (sulfide) groups is 2. The molecule has 18 heteroatoms. The standard InChI is InChI=1S/C26H30I6NO8PS2/c1-33(2,3)4-5-39-42(36,37)40-11-20(41-24(35)15-44-13-17-7-19(28)9-22(30)26(17)32)10-38-23(34)14-43-12-16-6-18(27)8-21(29)25(16)31/h6-9,20H,4-5,10-15H2,1-3H3/p+1/t20-/m1/s1. The monoisotopic (exact) mass is 1340 g/mol. The van der Waals surface area contributed by atoms with E-state index >= 15 is 0 Å². The molecule has 0 radical (unpaired) electrons. The molecule has 0 aliphatic rings.